The Hall–Kier alpha value is -3.92. The molecule has 0 heterocycles. The Kier molecular flexibility index (Phi) is 11.8. The quantitative estimate of drug-likeness (QED) is 0.248. The third-order valence-electron chi connectivity index (χ3n) is 7.94. The molecule has 2 amide bonds. The lowest BCUT2D eigenvalue weighted by Gasteiger charge is -2.34. The summed E-state index contributed by atoms with van der Waals surface area (Å²) in [6, 6.07) is 19.8. The number of ether oxygens (including phenoxy) is 1. The molecule has 0 unspecified atom stereocenters. The number of nitrogens with one attached hydrogen (secondary N) is 1. The van der Waals surface area contributed by atoms with Crippen molar-refractivity contribution in [2.75, 3.05) is 24.0 Å². The first-order valence-electron chi connectivity index (χ1n) is 15.4. The Bertz CT molecular complexity index is 1460. The van der Waals surface area contributed by atoms with E-state index in [0.717, 1.165) is 54.1 Å². The summed E-state index contributed by atoms with van der Waals surface area (Å²) in [5.41, 5.74) is 1.24. The van der Waals surface area contributed by atoms with E-state index in [0.29, 0.717) is 25.2 Å². The topological polar surface area (TPSA) is 96.0 Å². The minimum absolute atomic E-state index is 0.0654. The van der Waals surface area contributed by atoms with Crippen molar-refractivity contribution in [3.8, 4) is 5.75 Å². The molecule has 1 aliphatic carbocycles. The van der Waals surface area contributed by atoms with Gasteiger partial charge in [-0.3, -0.25) is 13.9 Å². The van der Waals surface area contributed by atoms with Gasteiger partial charge in [-0.2, -0.15) is 0 Å². The second kappa shape index (κ2) is 15.7. The van der Waals surface area contributed by atoms with Crippen LogP contribution in [0.4, 0.5) is 10.1 Å². The van der Waals surface area contributed by atoms with Gasteiger partial charge in [-0.1, -0.05) is 56.5 Å². The summed E-state index contributed by atoms with van der Waals surface area (Å²) in [4.78, 5) is 29.2. The lowest BCUT2D eigenvalue weighted by atomic mass is 9.95. The maximum absolute atomic E-state index is 14.2. The van der Waals surface area contributed by atoms with Gasteiger partial charge in [-0.15, -0.1) is 0 Å². The highest BCUT2D eigenvalue weighted by molar-refractivity contribution is 7.92. The van der Waals surface area contributed by atoms with Crippen molar-refractivity contribution in [3.63, 3.8) is 0 Å². The average molecular weight is 624 g/mol. The number of hydrogen-bond acceptors (Lipinski definition) is 5. The maximum Gasteiger partial charge on any atom is 0.264 e. The van der Waals surface area contributed by atoms with Crippen molar-refractivity contribution < 1.29 is 27.1 Å². The van der Waals surface area contributed by atoms with Crippen LogP contribution in [0.1, 0.15) is 57.9 Å². The molecule has 1 atom stereocenters. The molecule has 1 N–H and O–H groups in total. The van der Waals surface area contributed by atoms with Crippen molar-refractivity contribution in [3.05, 3.63) is 90.2 Å². The van der Waals surface area contributed by atoms with E-state index in [1.807, 2.05) is 44.2 Å². The zero-order chi connectivity index (χ0) is 31.5. The first-order valence-corrected chi connectivity index (χ1v) is 16.8. The minimum atomic E-state index is -4.29. The van der Waals surface area contributed by atoms with Gasteiger partial charge in [0.05, 0.1) is 17.2 Å². The second-order valence-electron chi connectivity index (χ2n) is 11.0. The van der Waals surface area contributed by atoms with Crippen LogP contribution in [-0.4, -0.2) is 56.9 Å². The van der Waals surface area contributed by atoms with Crippen LogP contribution < -0.4 is 14.4 Å². The number of carbonyl (C=O) groups is 2. The number of nitrogens with zero attached hydrogens (tertiary/aromatic N) is 2. The van der Waals surface area contributed by atoms with Gasteiger partial charge >= 0.3 is 0 Å². The molecule has 1 saturated carbocycles. The molecule has 236 valence electrons. The van der Waals surface area contributed by atoms with Gasteiger partial charge in [0.2, 0.25) is 11.8 Å². The van der Waals surface area contributed by atoms with Crippen molar-refractivity contribution in [1.82, 2.24) is 10.2 Å². The molecular weight excluding hydrogens is 581 g/mol. The van der Waals surface area contributed by atoms with Crippen LogP contribution in [0.15, 0.2) is 83.8 Å². The molecule has 0 saturated heterocycles. The Morgan fingerprint density at radius 3 is 2.20 bits per heavy atom. The first kappa shape index (κ1) is 33.0. The molecule has 8 nitrogen and oxygen atoms in total. The van der Waals surface area contributed by atoms with E-state index >= 15 is 0 Å². The van der Waals surface area contributed by atoms with Gasteiger partial charge in [-0.05, 0) is 86.7 Å². The summed E-state index contributed by atoms with van der Waals surface area (Å²) >= 11 is 0. The molecule has 0 radical (unpaired) electrons. The third kappa shape index (κ3) is 8.59. The smallest absolute Gasteiger partial charge is 0.264 e. The van der Waals surface area contributed by atoms with Crippen LogP contribution in [0.25, 0.3) is 0 Å². The fraction of sp³-hybridized carbons (Fsp3) is 0.412. The first-order chi connectivity index (χ1) is 21.2. The zero-order valence-electron chi connectivity index (χ0n) is 25.5. The SMILES string of the molecule is CCOc1ccc(N(CC(=O)N(CCc2ccccc2)[C@@H](CC)C(=O)NC2CCCCC2)S(=O)(=O)c2ccc(F)cc2)cc1. The molecule has 0 bridgehead atoms. The van der Waals surface area contributed by atoms with Crippen molar-refractivity contribution >= 4 is 27.5 Å². The predicted molar refractivity (Wildman–Crippen MR) is 169 cm³/mol. The molecule has 44 heavy (non-hydrogen) atoms. The summed E-state index contributed by atoms with van der Waals surface area (Å²) in [7, 11) is -4.29. The normalized spacial score (nSPS) is 14.4. The molecule has 3 aromatic rings. The van der Waals surface area contributed by atoms with Crippen LogP contribution in [0.2, 0.25) is 0 Å². The molecule has 1 fully saturated rings. The molecule has 4 rings (SSSR count). The molecule has 1 aliphatic rings. The number of sulfonamides is 1. The molecule has 3 aromatic carbocycles. The Balaban J connectivity index is 1.67. The summed E-state index contributed by atoms with van der Waals surface area (Å²) in [5.74, 6) is -0.757. The predicted octanol–water partition coefficient (Wildman–Crippen LogP) is 5.72. The Morgan fingerprint density at radius 2 is 1.59 bits per heavy atom. The molecular formula is C34H42FN3O5S. The lowest BCUT2D eigenvalue weighted by Crippen LogP contribution is -2.54. The Labute approximate surface area is 260 Å². The summed E-state index contributed by atoms with van der Waals surface area (Å²) in [6.45, 7) is 3.82. The Morgan fingerprint density at radius 1 is 0.932 bits per heavy atom. The van der Waals surface area contributed by atoms with Gasteiger partial charge in [0.25, 0.3) is 10.0 Å². The average Bonchev–Trinajstić information content (AvgIpc) is 3.03. The number of halogens is 1. The fourth-order valence-electron chi connectivity index (χ4n) is 5.58. The van der Waals surface area contributed by atoms with E-state index in [1.165, 1.54) is 17.0 Å². The van der Waals surface area contributed by atoms with Crippen LogP contribution in [0, 0.1) is 5.82 Å². The standard InChI is InChI=1S/C34H42FN3O5S/c1-3-32(34(40)36-28-13-9-6-10-14-28)37(24-23-26-11-7-5-8-12-26)33(39)25-38(29-17-19-30(20-18-29)43-4-2)44(41,42)31-21-15-27(35)16-22-31/h5,7-8,11-12,15-22,28,32H,3-4,6,9-10,13-14,23-25H2,1-2H3,(H,36,40)/t32-/m0/s1. The van der Waals surface area contributed by atoms with Crippen LogP contribution in [-0.2, 0) is 26.0 Å². The van der Waals surface area contributed by atoms with E-state index in [4.69, 9.17) is 4.74 Å². The van der Waals surface area contributed by atoms with Crippen LogP contribution in [0.5, 0.6) is 5.75 Å². The number of hydrogen-bond donors (Lipinski definition) is 1. The van der Waals surface area contributed by atoms with Crippen LogP contribution in [0.3, 0.4) is 0 Å². The van der Waals surface area contributed by atoms with E-state index in [9.17, 15) is 22.4 Å². The van der Waals surface area contributed by atoms with E-state index in [1.54, 1.807) is 24.3 Å². The number of carbonyl (C=O) groups excluding carboxylic acids is 2. The number of benzene rings is 3. The maximum atomic E-state index is 14.2. The molecule has 0 aromatic heterocycles. The van der Waals surface area contributed by atoms with Gasteiger partial charge in [0.15, 0.2) is 0 Å². The second-order valence-corrected chi connectivity index (χ2v) is 12.8. The summed E-state index contributed by atoms with van der Waals surface area (Å²) < 4.78 is 48.1. The van der Waals surface area contributed by atoms with Gasteiger partial charge in [0.1, 0.15) is 24.2 Å². The largest absolute Gasteiger partial charge is 0.494 e. The molecule has 0 aliphatic heterocycles. The van der Waals surface area contributed by atoms with Crippen molar-refractivity contribution in [2.24, 2.45) is 0 Å². The lowest BCUT2D eigenvalue weighted by molar-refractivity contribution is -0.140. The minimum Gasteiger partial charge on any atom is -0.494 e. The van der Waals surface area contributed by atoms with Crippen molar-refractivity contribution in [2.45, 2.75) is 75.8 Å². The molecule has 0 spiro atoms. The zero-order valence-corrected chi connectivity index (χ0v) is 26.3. The highest BCUT2D eigenvalue weighted by Gasteiger charge is 2.34. The fourth-order valence-corrected chi connectivity index (χ4v) is 6.99. The summed E-state index contributed by atoms with van der Waals surface area (Å²) in [5, 5.41) is 3.15. The van der Waals surface area contributed by atoms with Gasteiger partial charge < -0.3 is 15.0 Å². The summed E-state index contributed by atoms with van der Waals surface area (Å²) in [6.07, 6.45) is 5.92. The van der Waals surface area contributed by atoms with E-state index in [2.05, 4.69) is 5.32 Å². The third-order valence-corrected chi connectivity index (χ3v) is 9.73. The van der Waals surface area contributed by atoms with Gasteiger partial charge in [0, 0.05) is 12.6 Å². The number of amides is 2. The van der Waals surface area contributed by atoms with Crippen LogP contribution >= 0.6 is 0 Å². The van der Waals surface area contributed by atoms with Crippen molar-refractivity contribution in [1.29, 1.82) is 0 Å². The molecule has 10 heteroatoms. The van der Waals surface area contributed by atoms with E-state index < -0.39 is 34.3 Å². The highest BCUT2D eigenvalue weighted by Crippen LogP contribution is 2.27. The van der Waals surface area contributed by atoms with E-state index in [-0.39, 0.29) is 29.1 Å². The number of anilines is 1. The monoisotopic (exact) mass is 623 g/mol. The highest BCUT2D eigenvalue weighted by atomic mass is 32.2. The van der Waals surface area contributed by atoms with Gasteiger partial charge in [-0.25, -0.2) is 12.8 Å². The number of rotatable bonds is 14.